The van der Waals surface area contributed by atoms with Gasteiger partial charge in [0, 0.05) is 23.4 Å². The van der Waals surface area contributed by atoms with Crippen LogP contribution in [0.3, 0.4) is 0 Å². The van der Waals surface area contributed by atoms with Gasteiger partial charge < -0.3 is 5.73 Å². The van der Waals surface area contributed by atoms with Gasteiger partial charge in [-0.3, -0.25) is 4.31 Å². The summed E-state index contributed by atoms with van der Waals surface area (Å²) in [4.78, 5) is 0. The van der Waals surface area contributed by atoms with Gasteiger partial charge in [-0.25, -0.2) is 0 Å². The lowest BCUT2D eigenvalue weighted by Crippen LogP contribution is -2.29. The number of allylic oxidation sites excluding steroid dienone is 4. The van der Waals surface area contributed by atoms with E-state index >= 15 is 0 Å². The number of nitrogens with two attached hydrogens (primary N) is 1. The Kier molecular flexibility index (Phi) is 7.46. The lowest BCUT2D eigenvalue weighted by molar-refractivity contribution is 0.365. The zero-order chi connectivity index (χ0) is 15.1. The molecule has 1 rings (SSSR count). The molecule has 0 aromatic heterocycles. The van der Waals surface area contributed by atoms with E-state index in [-0.39, 0.29) is 6.04 Å². The van der Waals surface area contributed by atoms with E-state index in [1.54, 1.807) is 0 Å². The van der Waals surface area contributed by atoms with Crippen molar-refractivity contribution in [2.45, 2.75) is 65.3 Å². The molecule has 1 aliphatic rings. The third-order valence-corrected chi connectivity index (χ3v) is 4.65. The molecule has 0 heterocycles. The number of hydrogen-bond donors (Lipinski definition) is 2. The molecule has 0 aromatic carbocycles. The second-order valence-electron chi connectivity index (χ2n) is 5.88. The Hall–Kier alpha value is -0.670. The maximum Gasteiger partial charge on any atom is 0.0424 e. The highest BCUT2D eigenvalue weighted by Gasteiger charge is 2.23. The molecule has 0 radical (unpaired) electrons. The summed E-state index contributed by atoms with van der Waals surface area (Å²) in [7, 11) is 0. The maximum absolute atomic E-state index is 5.95. The standard InChI is InChI=1S/C17H30N2S/c1-5-13(2)11-12-17(16-9-7-6-8-10-16)19(20)15(4)14(3)18/h11-12,14,16,20H,4-10,18H2,1-3H3/b13-11+,17-12+. The first kappa shape index (κ1) is 17.4. The molecule has 1 aliphatic carbocycles. The third-order valence-electron chi connectivity index (χ3n) is 4.16. The molecule has 1 unspecified atom stereocenters. The molecular formula is C17H30N2S. The van der Waals surface area contributed by atoms with Gasteiger partial charge in [-0.15, -0.1) is 0 Å². The number of hydrogen-bond acceptors (Lipinski definition) is 3. The molecule has 0 spiro atoms. The quantitative estimate of drug-likeness (QED) is 0.543. The largest absolute Gasteiger partial charge is 0.323 e. The SMILES string of the molecule is C=C(C(C)N)N(S)/C(=C/C=C(\C)CC)C1CCCCC1. The van der Waals surface area contributed by atoms with Crippen molar-refractivity contribution < 1.29 is 0 Å². The number of thiol groups is 1. The first-order chi connectivity index (χ1) is 9.47. The van der Waals surface area contributed by atoms with E-state index in [1.807, 2.05) is 11.2 Å². The van der Waals surface area contributed by atoms with Crippen molar-refractivity contribution in [1.29, 1.82) is 0 Å². The second-order valence-corrected chi connectivity index (χ2v) is 6.28. The minimum Gasteiger partial charge on any atom is -0.323 e. The Labute approximate surface area is 130 Å². The zero-order valence-corrected chi connectivity index (χ0v) is 14.1. The van der Waals surface area contributed by atoms with Gasteiger partial charge in [0.1, 0.15) is 0 Å². The molecular weight excluding hydrogens is 264 g/mol. The van der Waals surface area contributed by atoms with Crippen molar-refractivity contribution in [2.75, 3.05) is 0 Å². The molecule has 0 saturated heterocycles. The van der Waals surface area contributed by atoms with Gasteiger partial charge in [-0.1, -0.05) is 57.2 Å². The fourth-order valence-electron chi connectivity index (χ4n) is 2.48. The van der Waals surface area contributed by atoms with E-state index in [1.165, 1.54) is 43.4 Å². The van der Waals surface area contributed by atoms with Crippen LogP contribution in [0.1, 0.15) is 59.3 Å². The van der Waals surface area contributed by atoms with E-state index in [0.29, 0.717) is 5.92 Å². The lowest BCUT2D eigenvalue weighted by atomic mass is 9.86. The summed E-state index contributed by atoms with van der Waals surface area (Å²) in [6, 6.07) is -0.0734. The van der Waals surface area contributed by atoms with Gasteiger partial charge >= 0.3 is 0 Å². The van der Waals surface area contributed by atoms with E-state index in [0.717, 1.165) is 12.1 Å². The fourth-order valence-corrected chi connectivity index (χ4v) is 2.89. The Balaban J connectivity index is 2.96. The van der Waals surface area contributed by atoms with Crippen LogP contribution >= 0.6 is 12.8 Å². The van der Waals surface area contributed by atoms with Gasteiger partial charge in [-0.2, -0.15) is 0 Å². The van der Waals surface area contributed by atoms with Crippen LogP contribution in [0.4, 0.5) is 0 Å². The van der Waals surface area contributed by atoms with Gasteiger partial charge in [0.15, 0.2) is 0 Å². The summed E-state index contributed by atoms with van der Waals surface area (Å²) >= 11 is 4.66. The Morgan fingerprint density at radius 3 is 2.45 bits per heavy atom. The Morgan fingerprint density at radius 1 is 1.35 bits per heavy atom. The van der Waals surface area contributed by atoms with Gasteiger partial charge in [-0.05, 0) is 39.2 Å². The summed E-state index contributed by atoms with van der Waals surface area (Å²) in [6.07, 6.45) is 12.0. The van der Waals surface area contributed by atoms with Crippen molar-refractivity contribution in [3.8, 4) is 0 Å². The highest BCUT2D eigenvalue weighted by Crippen LogP contribution is 2.34. The van der Waals surface area contributed by atoms with Crippen LogP contribution in [0.5, 0.6) is 0 Å². The first-order valence-electron chi connectivity index (χ1n) is 7.78. The van der Waals surface area contributed by atoms with Crippen molar-refractivity contribution >= 4 is 12.8 Å². The normalized spacial score (nSPS) is 19.9. The second kappa shape index (κ2) is 8.58. The molecule has 114 valence electrons. The summed E-state index contributed by atoms with van der Waals surface area (Å²) in [6.45, 7) is 10.4. The predicted molar refractivity (Wildman–Crippen MR) is 92.3 cm³/mol. The molecule has 0 bridgehead atoms. The minimum atomic E-state index is -0.0734. The molecule has 1 atom stereocenters. The smallest absolute Gasteiger partial charge is 0.0424 e. The van der Waals surface area contributed by atoms with Crippen molar-refractivity contribution in [3.63, 3.8) is 0 Å². The van der Waals surface area contributed by atoms with E-state index in [2.05, 4.69) is 45.4 Å². The van der Waals surface area contributed by atoms with Crippen LogP contribution in [0.15, 0.2) is 35.7 Å². The van der Waals surface area contributed by atoms with Crippen LogP contribution in [-0.2, 0) is 0 Å². The molecule has 1 fully saturated rings. The van der Waals surface area contributed by atoms with Crippen LogP contribution in [0.25, 0.3) is 0 Å². The minimum absolute atomic E-state index is 0.0734. The van der Waals surface area contributed by atoms with E-state index in [9.17, 15) is 0 Å². The van der Waals surface area contributed by atoms with Crippen molar-refractivity contribution in [3.05, 3.63) is 35.7 Å². The molecule has 0 aromatic rings. The van der Waals surface area contributed by atoms with Gasteiger partial charge in [0.05, 0.1) is 0 Å². The molecule has 2 N–H and O–H groups in total. The summed E-state index contributed by atoms with van der Waals surface area (Å²) in [5.41, 5.74) is 9.46. The Bertz CT molecular complexity index is 376. The topological polar surface area (TPSA) is 29.3 Å². The fraction of sp³-hybridized carbons (Fsp3) is 0.647. The van der Waals surface area contributed by atoms with Crippen LogP contribution in [0, 0.1) is 5.92 Å². The summed E-state index contributed by atoms with van der Waals surface area (Å²) in [5, 5.41) is 0. The molecule has 1 saturated carbocycles. The molecule has 20 heavy (non-hydrogen) atoms. The predicted octanol–water partition coefficient (Wildman–Crippen LogP) is 4.81. The molecule has 3 heteroatoms. The van der Waals surface area contributed by atoms with E-state index in [4.69, 9.17) is 5.73 Å². The zero-order valence-electron chi connectivity index (χ0n) is 13.2. The van der Waals surface area contributed by atoms with Gasteiger partial charge in [0.25, 0.3) is 0 Å². The summed E-state index contributed by atoms with van der Waals surface area (Å²) in [5.74, 6) is 0.581. The van der Waals surface area contributed by atoms with Gasteiger partial charge in [0.2, 0.25) is 0 Å². The maximum atomic E-state index is 5.95. The molecule has 2 nitrogen and oxygen atoms in total. The Morgan fingerprint density at radius 2 is 1.95 bits per heavy atom. The van der Waals surface area contributed by atoms with E-state index < -0.39 is 0 Å². The number of nitrogens with zero attached hydrogens (tertiary/aromatic N) is 1. The van der Waals surface area contributed by atoms with Crippen LogP contribution in [-0.4, -0.2) is 10.3 Å². The van der Waals surface area contributed by atoms with Crippen molar-refractivity contribution in [1.82, 2.24) is 4.31 Å². The lowest BCUT2D eigenvalue weighted by Gasteiger charge is -2.32. The van der Waals surface area contributed by atoms with Crippen molar-refractivity contribution in [2.24, 2.45) is 11.7 Å². The molecule has 0 aliphatic heterocycles. The third kappa shape index (κ3) is 5.02. The highest BCUT2D eigenvalue weighted by molar-refractivity contribution is 7.78. The number of rotatable bonds is 6. The van der Waals surface area contributed by atoms with Crippen LogP contribution < -0.4 is 5.73 Å². The average Bonchev–Trinajstić information content (AvgIpc) is 2.47. The monoisotopic (exact) mass is 294 g/mol. The van der Waals surface area contributed by atoms with Crippen LogP contribution in [0.2, 0.25) is 0 Å². The molecule has 0 amide bonds. The highest BCUT2D eigenvalue weighted by atomic mass is 32.1. The summed E-state index contributed by atoms with van der Waals surface area (Å²) < 4.78 is 1.92. The average molecular weight is 295 g/mol. The first-order valence-corrected chi connectivity index (χ1v) is 8.18.